The van der Waals surface area contributed by atoms with Crippen LogP contribution in [0.2, 0.25) is 5.02 Å². The summed E-state index contributed by atoms with van der Waals surface area (Å²) in [7, 11) is 3.74. The lowest BCUT2D eigenvalue weighted by atomic mass is 9.93. The third kappa shape index (κ3) is 10.1. The van der Waals surface area contributed by atoms with Crippen molar-refractivity contribution in [2.24, 2.45) is 0 Å². The number of rotatable bonds is 18. The zero-order chi connectivity index (χ0) is 44.6. The highest BCUT2D eigenvalue weighted by Gasteiger charge is 2.28. The lowest BCUT2D eigenvalue weighted by molar-refractivity contribution is -0.145. The summed E-state index contributed by atoms with van der Waals surface area (Å²) < 4.78 is 35.8. The minimum absolute atomic E-state index is 0.0184. The second-order valence-corrected chi connectivity index (χ2v) is 16.5. The van der Waals surface area contributed by atoms with Crippen molar-refractivity contribution >= 4 is 39.2 Å². The van der Waals surface area contributed by atoms with E-state index in [1.54, 1.807) is 31.6 Å². The number of carbonyl (C=O) groups is 1. The van der Waals surface area contributed by atoms with E-state index in [0.29, 0.717) is 79.7 Å². The number of benzene rings is 4. The first-order chi connectivity index (χ1) is 31.2. The summed E-state index contributed by atoms with van der Waals surface area (Å²) in [5.74, 6) is 1.93. The van der Waals surface area contributed by atoms with Crippen molar-refractivity contribution < 1.29 is 33.6 Å². The normalized spacial score (nSPS) is 13.7. The van der Waals surface area contributed by atoms with Gasteiger partial charge in [0.15, 0.2) is 5.82 Å². The third-order valence-corrected chi connectivity index (χ3v) is 12.4. The van der Waals surface area contributed by atoms with Crippen molar-refractivity contribution in [3.8, 4) is 62.7 Å². The molecule has 1 saturated heterocycles. The number of carboxylic acid groups (broad SMARTS) is 1. The Morgan fingerprint density at radius 2 is 1.69 bits per heavy atom. The van der Waals surface area contributed by atoms with Gasteiger partial charge >= 0.3 is 5.97 Å². The molecule has 1 aliphatic heterocycles. The van der Waals surface area contributed by atoms with E-state index in [1.807, 2.05) is 92.7 Å². The lowest BCUT2D eigenvalue weighted by Crippen LogP contribution is -2.45. The van der Waals surface area contributed by atoms with Crippen LogP contribution in [0, 0.1) is 6.92 Å². The lowest BCUT2D eigenvalue weighted by Gasteiger charge is -2.32. The molecule has 0 amide bonds. The fourth-order valence-corrected chi connectivity index (χ4v) is 8.60. The Bertz CT molecular complexity index is 2740. The van der Waals surface area contributed by atoms with Gasteiger partial charge in [-0.15, -0.1) is 0 Å². The zero-order valence-corrected chi connectivity index (χ0v) is 37.7. The smallest absolute Gasteiger partial charge is 0.345 e. The highest BCUT2D eigenvalue weighted by molar-refractivity contribution is 7.13. The maximum Gasteiger partial charge on any atom is 0.345 e. The van der Waals surface area contributed by atoms with Gasteiger partial charge in [0.1, 0.15) is 36.2 Å². The van der Waals surface area contributed by atoms with Crippen LogP contribution in [0.15, 0.2) is 103 Å². The van der Waals surface area contributed by atoms with Crippen molar-refractivity contribution in [3.05, 3.63) is 125 Å². The predicted molar refractivity (Wildman–Crippen MR) is 249 cm³/mol. The number of aliphatic carboxylic acids is 1. The van der Waals surface area contributed by atoms with E-state index in [2.05, 4.69) is 21.8 Å². The van der Waals surface area contributed by atoms with Crippen LogP contribution in [0.1, 0.15) is 23.7 Å². The number of carboxylic acids is 1. The Kier molecular flexibility index (Phi) is 14.2. The van der Waals surface area contributed by atoms with Crippen LogP contribution < -0.4 is 23.7 Å². The average molecular weight is 901 g/mol. The number of halogens is 1. The molecule has 1 N–H and O–H groups in total. The molecule has 0 saturated carbocycles. The topological polar surface area (TPSA) is 141 Å². The van der Waals surface area contributed by atoms with Crippen LogP contribution in [0.25, 0.3) is 43.9 Å². The SMILES string of the molecule is CCOc1cccc(-c2ncc3snc(O[C@H](Cc4ccccc4OCc4ccnc(-c5ccccc5OC)n4)C(=O)O)c3c2-c2ccc(OCCN3CCN(C)CC3)c(Cl)c2C)c1. The van der Waals surface area contributed by atoms with Crippen LogP contribution in [-0.4, -0.2) is 106 Å². The molecule has 1 aliphatic rings. The fourth-order valence-electron chi connectivity index (χ4n) is 7.69. The van der Waals surface area contributed by atoms with E-state index in [0.717, 1.165) is 55.0 Å². The Balaban J connectivity index is 1.10. The molecule has 1 fully saturated rings. The number of para-hydroxylation sites is 2. The van der Waals surface area contributed by atoms with Gasteiger partial charge in [-0.2, -0.15) is 4.37 Å². The number of hydrogen-bond acceptors (Lipinski definition) is 13. The van der Waals surface area contributed by atoms with E-state index in [-0.39, 0.29) is 18.9 Å². The summed E-state index contributed by atoms with van der Waals surface area (Å²) in [6.45, 7) is 9.83. The fraction of sp³-hybridized carbons (Fsp3) is 0.286. The zero-order valence-electron chi connectivity index (χ0n) is 36.1. The number of aromatic nitrogens is 4. The Labute approximate surface area is 381 Å². The number of fused-ring (bicyclic) bond motifs is 1. The molecular weight excluding hydrogens is 852 g/mol. The number of pyridine rings is 1. The quantitative estimate of drug-likeness (QED) is 0.0876. The highest BCUT2D eigenvalue weighted by Crippen LogP contribution is 2.46. The summed E-state index contributed by atoms with van der Waals surface area (Å²) >= 11 is 8.31. The summed E-state index contributed by atoms with van der Waals surface area (Å²) in [6.07, 6.45) is 2.06. The Hall–Kier alpha value is -6.32. The first kappa shape index (κ1) is 44.3. The molecule has 330 valence electrons. The number of methoxy groups -OCH3 is 1. The van der Waals surface area contributed by atoms with Gasteiger partial charge in [-0.25, -0.2) is 14.8 Å². The van der Waals surface area contributed by atoms with E-state index < -0.39 is 12.1 Å². The van der Waals surface area contributed by atoms with E-state index in [4.69, 9.17) is 49.6 Å². The molecule has 8 rings (SSSR count). The minimum atomic E-state index is -1.34. The maximum absolute atomic E-state index is 13.1. The second-order valence-electron chi connectivity index (χ2n) is 15.3. The van der Waals surface area contributed by atoms with Crippen molar-refractivity contribution in [1.82, 2.24) is 29.1 Å². The first-order valence-corrected chi connectivity index (χ1v) is 22.3. The van der Waals surface area contributed by atoms with Gasteiger partial charge < -0.3 is 33.7 Å². The molecule has 13 nitrogen and oxygen atoms in total. The van der Waals surface area contributed by atoms with Crippen molar-refractivity contribution in [1.29, 1.82) is 0 Å². The van der Waals surface area contributed by atoms with Crippen LogP contribution in [-0.2, 0) is 17.8 Å². The monoisotopic (exact) mass is 900 g/mol. The molecule has 64 heavy (non-hydrogen) atoms. The van der Waals surface area contributed by atoms with E-state index >= 15 is 0 Å². The standard InChI is InChI=1S/C49H49ClN6O7S/c1-5-60-35-13-10-12-33(27-35)46-43(36-17-18-40(45(50)31(36)2)61-26-25-56-23-21-55(3)22-24-56)44-42(29-52-46)64-54-48(44)63-41(49(57)58)28-32-11-6-8-15-38(32)62-30-34-19-20-51-47(53-34)37-14-7-9-16-39(37)59-4/h6-20,27,29,41H,5,21-26,28,30H2,1-4H3,(H,57,58)/t41-/m1/s1. The van der Waals surface area contributed by atoms with Gasteiger partial charge in [0, 0.05) is 62.7 Å². The van der Waals surface area contributed by atoms with Gasteiger partial charge in [-0.3, -0.25) is 9.88 Å². The average Bonchev–Trinajstić information content (AvgIpc) is 3.73. The van der Waals surface area contributed by atoms with Gasteiger partial charge in [0.05, 0.1) is 45.8 Å². The molecule has 3 aromatic heterocycles. The maximum atomic E-state index is 13.1. The molecule has 0 radical (unpaired) electrons. The number of ether oxygens (including phenoxy) is 5. The van der Waals surface area contributed by atoms with Crippen LogP contribution in [0.5, 0.6) is 28.9 Å². The van der Waals surface area contributed by atoms with Crippen molar-refractivity contribution in [3.63, 3.8) is 0 Å². The highest BCUT2D eigenvalue weighted by atomic mass is 35.5. The van der Waals surface area contributed by atoms with Crippen molar-refractivity contribution in [2.75, 3.05) is 60.1 Å². The molecule has 4 heterocycles. The molecule has 15 heteroatoms. The third-order valence-electron chi connectivity index (χ3n) is 11.1. The molecule has 1 atom stereocenters. The predicted octanol–water partition coefficient (Wildman–Crippen LogP) is 9.13. The minimum Gasteiger partial charge on any atom is -0.496 e. The van der Waals surface area contributed by atoms with E-state index in [9.17, 15) is 9.90 Å². The second kappa shape index (κ2) is 20.5. The number of nitrogens with zero attached hydrogens (tertiary/aromatic N) is 6. The van der Waals surface area contributed by atoms with Gasteiger partial charge in [-0.05, 0) is 91.6 Å². The van der Waals surface area contributed by atoms with Gasteiger partial charge in [0.25, 0.3) is 0 Å². The molecule has 7 aromatic rings. The molecule has 0 aliphatic carbocycles. The van der Waals surface area contributed by atoms with Crippen LogP contribution >= 0.6 is 23.1 Å². The summed E-state index contributed by atoms with van der Waals surface area (Å²) in [5.41, 5.74) is 5.69. The Morgan fingerprint density at radius 1 is 0.891 bits per heavy atom. The van der Waals surface area contributed by atoms with E-state index in [1.165, 1.54) is 11.5 Å². The summed E-state index contributed by atoms with van der Waals surface area (Å²) in [4.78, 5) is 31.9. The largest absolute Gasteiger partial charge is 0.496 e. The number of likely N-dealkylation sites (N-methyl/N-ethyl adjacent to an activating group) is 1. The van der Waals surface area contributed by atoms with Crippen LogP contribution in [0.4, 0.5) is 0 Å². The molecule has 0 bridgehead atoms. The first-order valence-electron chi connectivity index (χ1n) is 21.1. The van der Waals surface area contributed by atoms with Gasteiger partial charge in [-0.1, -0.05) is 60.1 Å². The van der Waals surface area contributed by atoms with Gasteiger partial charge in [0.2, 0.25) is 12.0 Å². The molecule has 0 spiro atoms. The van der Waals surface area contributed by atoms with Crippen LogP contribution in [0.3, 0.4) is 0 Å². The molecule has 0 unspecified atom stereocenters. The van der Waals surface area contributed by atoms with Crippen molar-refractivity contribution in [2.45, 2.75) is 33.0 Å². The Morgan fingerprint density at radius 3 is 2.48 bits per heavy atom. The molecular formula is C49H49ClN6O7S. The summed E-state index contributed by atoms with van der Waals surface area (Å²) in [6, 6.07) is 28.2. The summed E-state index contributed by atoms with van der Waals surface area (Å²) in [5, 5.41) is 11.8. The number of piperazine rings is 1. The molecule has 4 aromatic carbocycles. The number of hydrogen-bond donors (Lipinski definition) is 1.